The van der Waals surface area contributed by atoms with Gasteiger partial charge >= 0.3 is 0 Å². The smallest absolute Gasteiger partial charge is 0.246 e. The Bertz CT molecular complexity index is 360. The van der Waals surface area contributed by atoms with Crippen LogP contribution in [0.4, 0.5) is 0 Å². The lowest BCUT2D eigenvalue weighted by atomic mass is 10.1. The van der Waals surface area contributed by atoms with Gasteiger partial charge in [0.05, 0.1) is 12.6 Å². The molecule has 0 aromatic carbocycles. The molecular formula is C19H39N3O3. The molecule has 148 valence electrons. The Morgan fingerprint density at radius 1 is 0.840 bits per heavy atom. The van der Waals surface area contributed by atoms with Gasteiger partial charge in [0.25, 0.3) is 0 Å². The maximum absolute atomic E-state index is 11.7. The lowest BCUT2D eigenvalue weighted by Crippen LogP contribution is -2.38. The Hall–Kier alpha value is -1.14. The maximum Gasteiger partial charge on any atom is 0.246 e. The highest BCUT2D eigenvalue weighted by molar-refractivity contribution is 5.78. The molecule has 0 aromatic heterocycles. The minimum Gasteiger partial charge on any atom is -0.369 e. The van der Waals surface area contributed by atoms with Gasteiger partial charge in [-0.25, -0.2) is 0 Å². The van der Waals surface area contributed by atoms with Crippen molar-refractivity contribution in [1.29, 1.82) is 0 Å². The first-order chi connectivity index (χ1) is 11.8. The molecule has 2 amide bonds. The third-order valence-electron chi connectivity index (χ3n) is 4.07. The number of ether oxygens (including phenoxy) is 1. The summed E-state index contributed by atoms with van der Waals surface area (Å²) in [7, 11) is 1.96. The van der Waals surface area contributed by atoms with E-state index >= 15 is 0 Å². The number of carbonyl (C=O) groups is 2. The summed E-state index contributed by atoms with van der Waals surface area (Å²) in [6.45, 7) is 10.1. The molecule has 0 bridgehead atoms. The minimum absolute atomic E-state index is 0.0347. The molecule has 2 N–H and O–H groups in total. The molecule has 6 heteroatoms. The van der Waals surface area contributed by atoms with Crippen LogP contribution in [0.15, 0.2) is 0 Å². The first kappa shape index (κ1) is 23.9. The fourth-order valence-corrected chi connectivity index (χ4v) is 2.17. The molecule has 0 unspecified atom stereocenters. The van der Waals surface area contributed by atoms with Crippen LogP contribution in [0.25, 0.3) is 0 Å². The van der Waals surface area contributed by atoms with Crippen LogP contribution in [0.5, 0.6) is 0 Å². The number of amides is 2. The first-order valence-electron chi connectivity index (χ1n) is 9.68. The molecule has 0 heterocycles. The van der Waals surface area contributed by atoms with E-state index in [2.05, 4.69) is 24.5 Å². The Balaban J connectivity index is 3.34. The van der Waals surface area contributed by atoms with Gasteiger partial charge in [0.1, 0.15) is 6.61 Å². The van der Waals surface area contributed by atoms with E-state index in [0.29, 0.717) is 12.6 Å². The molecule has 0 aliphatic rings. The second-order valence-corrected chi connectivity index (χ2v) is 7.19. The number of nitrogens with zero attached hydrogens (tertiary/aromatic N) is 1. The fraction of sp³-hybridized carbons (Fsp3) is 0.895. The molecule has 0 spiro atoms. The molecule has 0 saturated carbocycles. The molecule has 0 rings (SSSR count). The molecule has 0 aliphatic carbocycles. The zero-order valence-corrected chi connectivity index (χ0v) is 16.9. The average molecular weight is 358 g/mol. The van der Waals surface area contributed by atoms with E-state index in [9.17, 15) is 9.59 Å². The van der Waals surface area contributed by atoms with Crippen molar-refractivity contribution < 1.29 is 14.3 Å². The van der Waals surface area contributed by atoms with Gasteiger partial charge in [-0.2, -0.15) is 0 Å². The predicted octanol–water partition coefficient (Wildman–Crippen LogP) is 2.32. The highest BCUT2D eigenvalue weighted by Crippen LogP contribution is 2.04. The number of hydrogen-bond donors (Lipinski definition) is 2. The number of hydrogen-bond acceptors (Lipinski definition) is 4. The monoisotopic (exact) mass is 357 g/mol. The Morgan fingerprint density at radius 3 is 1.80 bits per heavy atom. The van der Waals surface area contributed by atoms with Crippen LogP contribution in [0, 0.1) is 0 Å². The van der Waals surface area contributed by atoms with Gasteiger partial charge in [-0.3, -0.25) is 14.5 Å². The zero-order chi connectivity index (χ0) is 19.1. The van der Waals surface area contributed by atoms with Gasteiger partial charge in [0.15, 0.2) is 0 Å². The SMILES string of the molecule is CC(C)OCC(=O)NCCCCCCCCNC(=O)CN(C)C(C)C. The summed E-state index contributed by atoms with van der Waals surface area (Å²) in [5.41, 5.74) is 0. The molecule has 0 fully saturated rings. The lowest BCUT2D eigenvalue weighted by molar-refractivity contribution is -0.127. The first-order valence-corrected chi connectivity index (χ1v) is 9.68. The number of rotatable bonds is 15. The van der Waals surface area contributed by atoms with Gasteiger partial charge < -0.3 is 15.4 Å². The van der Waals surface area contributed by atoms with Crippen molar-refractivity contribution in [1.82, 2.24) is 15.5 Å². The van der Waals surface area contributed by atoms with Crippen LogP contribution in [0.1, 0.15) is 66.2 Å². The number of carbonyl (C=O) groups excluding carboxylic acids is 2. The second-order valence-electron chi connectivity index (χ2n) is 7.19. The molecule has 25 heavy (non-hydrogen) atoms. The Labute approximate surface area is 154 Å². The van der Waals surface area contributed by atoms with E-state index in [1.54, 1.807) is 0 Å². The quantitative estimate of drug-likeness (QED) is 0.441. The topological polar surface area (TPSA) is 70.7 Å². The molecule has 0 aromatic rings. The molecular weight excluding hydrogens is 318 g/mol. The summed E-state index contributed by atoms with van der Waals surface area (Å²) in [6, 6.07) is 0.387. The minimum atomic E-state index is -0.0347. The molecule has 0 aliphatic heterocycles. The molecule has 0 radical (unpaired) electrons. The van der Waals surface area contributed by atoms with Gasteiger partial charge in [-0.15, -0.1) is 0 Å². The normalized spacial score (nSPS) is 11.4. The summed E-state index contributed by atoms with van der Waals surface area (Å²) in [4.78, 5) is 25.2. The molecule has 6 nitrogen and oxygen atoms in total. The van der Waals surface area contributed by atoms with Crippen LogP contribution < -0.4 is 10.6 Å². The summed E-state index contributed by atoms with van der Waals surface area (Å²) >= 11 is 0. The van der Waals surface area contributed by atoms with E-state index < -0.39 is 0 Å². The van der Waals surface area contributed by atoms with Crippen molar-refractivity contribution >= 4 is 11.8 Å². The lowest BCUT2D eigenvalue weighted by Gasteiger charge is -2.20. The summed E-state index contributed by atoms with van der Waals surface area (Å²) in [6.07, 6.45) is 6.72. The molecule has 0 saturated heterocycles. The highest BCUT2D eigenvalue weighted by Gasteiger charge is 2.08. The van der Waals surface area contributed by atoms with Crippen LogP contribution >= 0.6 is 0 Å². The predicted molar refractivity (Wildman–Crippen MR) is 103 cm³/mol. The number of nitrogens with one attached hydrogen (secondary N) is 2. The Kier molecular flexibility index (Phi) is 14.5. The van der Waals surface area contributed by atoms with Crippen LogP contribution in [-0.4, -0.2) is 62.1 Å². The van der Waals surface area contributed by atoms with Crippen molar-refractivity contribution in [2.75, 3.05) is 33.3 Å². The standard InChI is InChI=1S/C19H39N3O3/c1-16(2)22(5)14-18(23)20-12-10-8-6-7-9-11-13-21-19(24)15-25-17(3)4/h16-17H,6-15H2,1-5H3,(H,20,23)(H,21,24). The largest absolute Gasteiger partial charge is 0.369 e. The second kappa shape index (κ2) is 15.1. The van der Waals surface area contributed by atoms with Crippen LogP contribution in [-0.2, 0) is 14.3 Å². The van der Waals surface area contributed by atoms with Gasteiger partial charge in [-0.05, 0) is 47.6 Å². The van der Waals surface area contributed by atoms with E-state index in [-0.39, 0.29) is 24.5 Å². The van der Waals surface area contributed by atoms with Gasteiger partial charge in [0.2, 0.25) is 11.8 Å². The number of unbranched alkanes of at least 4 members (excludes halogenated alkanes) is 5. The van der Waals surface area contributed by atoms with E-state index in [1.165, 1.54) is 12.8 Å². The van der Waals surface area contributed by atoms with Gasteiger partial charge in [-0.1, -0.05) is 25.7 Å². The summed E-state index contributed by atoms with van der Waals surface area (Å²) < 4.78 is 5.24. The Morgan fingerprint density at radius 2 is 1.32 bits per heavy atom. The maximum atomic E-state index is 11.7. The summed E-state index contributed by atoms with van der Waals surface area (Å²) in [5.74, 6) is 0.0703. The van der Waals surface area contributed by atoms with E-state index in [4.69, 9.17) is 4.74 Å². The van der Waals surface area contributed by atoms with Crippen molar-refractivity contribution in [3.05, 3.63) is 0 Å². The third-order valence-corrected chi connectivity index (χ3v) is 4.07. The fourth-order valence-electron chi connectivity index (χ4n) is 2.17. The molecule has 0 atom stereocenters. The van der Waals surface area contributed by atoms with Crippen molar-refractivity contribution in [3.8, 4) is 0 Å². The number of likely N-dealkylation sites (N-methyl/N-ethyl adjacent to an activating group) is 1. The highest BCUT2D eigenvalue weighted by atomic mass is 16.5. The van der Waals surface area contributed by atoms with Crippen molar-refractivity contribution in [2.45, 2.75) is 78.4 Å². The van der Waals surface area contributed by atoms with E-state index in [1.807, 2.05) is 25.8 Å². The third kappa shape index (κ3) is 16.1. The van der Waals surface area contributed by atoms with Crippen LogP contribution in [0.2, 0.25) is 0 Å². The zero-order valence-electron chi connectivity index (χ0n) is 16.9. The van der Waals surface area contributed by atoms with Gasteiger partial charge in [0, 0.05) is 19.1 Å². The van der Waals surface area contributed by atoms with Crippen LogP contribution in [0.3, 0.4) is 0 Å². The van der Waals surface area contributed by atoms with Crippen molar-refractivity contribution in [2.24, 2.45) is 0 Å². The van der Waals surface area contributed by atoms with E-state index in [0.717, 1.165) is 38.8 Å². The summed E-state index contributed by atoms with van der Waals surface area (Å²) in [5, 5.41) is 5.84. The average Bonchev–Trinajstić information content (AvgIpc) is 2.54. The van der Waals surface area contributed by atoms with Crippen molar-refractivity contribution in [3.63, 3.8) is 0 Å².